The van der Waals surface area contributed by atoms with Crippen LogP contribution in [-0.2, 0) is 16.1 Å². The Hall–Kier alpha value is -1.39. The Labute approximate surface area is 102 Å². The van der Waals surface area contributed by atoms with Crippen molar-refractivity contribution in [3.05, 3.63) is 29.8 Å². The first kappa shape index (κ1) is 13.7. The molecule has 3 N–H and O–H groups in total. The number of amides is 1. The van der Waals surface area contributed by atoms with E-state index in [0.717, 1.165) is 17.7 Å². The Morgan fingerprint density at radius 1 is 1.53 bits per heavy atom. The molecule has 1 aromatic carbocycles. The molecule has 4 heteroatoms. The number of nitrogens with one attached hydrogen (secondary N) is 1. The van der Waals surface area contributed by atoms with E-state index in [0.29, 0.717) is 13.0 Å². The van der Waals surface area contributed by atoms with E-state index < -0.39 is 0 Å². The van der Waals surface area contributed by atoms with Gasteiger partial charge in [0.25, 0.3) is 0 Å². The molecule has 0 saturated carbocycles. The maximum Gasteiger partial charge on any atom is 0.225 e. The second-order valence-corrected chi connectivity index (χ2v) is 4.05. The van der Waals surface area contributed by atoms with Crippen LogP contribution in [0.25, 0.3) is 0 Å². The van der Waals surface area contributed by atoms with Crippen molar-refractivity contribution in [1.29, 1.82) is 0 Å². The number of rotatable bonds is 6. The van der Waals surface area contributed by atoms with E-state index in [2.05, 4.69) is 5.32 Å². The van der Waals surface area contributed by atoms with Gasteiger partial charge in [-0.15, -0.1) is 0 Å². The van der Waals surface area contributed by atoms with Gasteiger partial charge >= 0.3 is 0 Å². The Morgan fingerprint density at radius 3 is 2.94 bits per heavy atom. The van der Waals surface area contributed by atoms with Gasteiger partial charge in [0.05, 0.1) is 6.61 Å². The van der Waals surface area contributed by atoms with Gasteiger partial charge in [-0.25, -0.2) is 0 Å². The van der Waals surface area contributed by atoms with Gasteiger partial charge in [-0.1, -0.05) is 19.1 Å². The summed E-state index contributed by atoms with van der Waals surface area (Å²) in [5.41, 5.74) is 7.54. The molecule has 0 radical (unpaired) electrons. The van der Waals surface area contributed by atoms with E-state index in [4.69, 9.17) is 10.5 Å². The van der Waals surface area contributed by atoms with Crippen LogP contribution >= 0.6 is 0 Å². The fourth-order valence-electron chi connectivity index (χ4n) is 1.50. The Balaban J connectivity index is 2.55. The van der Waals surface area contributed by atoms with E-state index in [1.54, 1.807) is 7.11 Å². The first-order valence-corrected chi connectivity index (χ1v) is 5.79. The molecule has 0 bridgehead atoms. The number of hydrogen-bond donors (Lipinski definition) is 2. The number of ether oxygens (including phenoxy) is 1. The first-order chi connectivity index (χ1) is 8.15. The summed E-state index contributed by atoms with van der Waals surface area (Å²) in [6.45, 7) is 2.51. The predicted molar refractivity (Wildman–Crippen MR) is 68.7 cm³/mol. The minimum atomic E-state index is -0.0721. The molecule has 0 heterocycles. The standard InChI is InChI=1S/C13H20N2O2/c1-3-11(14)8-13(16)15-12-6-4-5-10(7-12)9-17-2/h4-7,11H,3,8-9,14H2,1-2H3,(H,15,16). The maximum atomic E-state index is 11.6. The van der Waals surface area contributed by atoms with E-state index in [-0.39, 0.29) is 11.9 Å². The smallest absolute Gasteiger partial charge is 0.225 e. The van der Waals surface area contributed by atoms with Crippen molar-refractivity contribution in [3.63, 3.8) is 0 Å². The van der Waals surface area contributed by atoms with E-state index in [9.17, 15) is 4.79 Å². The topological polar surface area (TPSA) is 64.4 Å². The van der Waals surface area contributed by atoms with Crippen molar-refractivity contribution in [3.8, 4) is 0 Å². The zero-order valence-electron chi connectivity index (χ0n) is 10.4. The zero-order chi connectivity index (χ0) is 12.7. The molecule has 0 aliphatic carbocycles. The molecule has 1 unspecified atom stereocenters. The average molecular weight is 236 g/mol. The average Bonchev–Trinajstić information content (AvgIpc) is 2.29. The monoisotopic (exact) mass is 236 g/mol. The molecule has 0 aliphatic heterocycles. The molecule has 0 saturated heterocycles. The van der Waals surface area contributed by atoms with Crippen LogP contribution in [0.4, 0.5) is 5.69 Å². The lowest BCUT2D eigenvalue weighted by Crippen LogP contribution is -2.26. The summed E-state index contributed by atoms with van der Waals surface area (Å²) in [5.74, 6) is -0.0473. The molecule has 1 aromatic rings. The van der Waals surface area contributed by atoms with E-state index in [1.165, 1.54) is 0 Å². The molecule has 17 heavy (non-hydrogen) atoms. The van der Waals surface area contributed by atoms with Crippen LogP contribution in [0, 0.1) is 0 Å². The minimum absolute atomic E-state index is 0.0473. The third-order valence-corrected chi connectivity index (χ3v) is 2.49. The Morgan fingerprint density at radius 2 is 2.29 bits per heavy atom. The number of benzene rings is 1. The zero-order valence-corrected chi connectivity index (χ0v) is 10.4. The lowest BCUT2D eigenvalue weighted by molar-refractivity contribution is -0.116. The molecule has 0 aliphatic rings. The molecule has 1 atom stereocenters. The highest BCUT2D eigenvalue weighted by molar-refractivity contribution is 5.91. The van der Waals surface area contributed by atoms with Crippen molar-refractivity contribution >= 4 is 11.6 Å². The van der Waals surface area contributed by atoms with Crippen LogP contribution in [0.5, 0.6) is 0 Å². The lowest BCUT2D eigenvalue weighted by Gasteiger charge is -2.10. The van der Waals surface area contributed by atoms with Crippen molar-refractivity contribution in [1.82, 2.24) is 0 Å². The second-order valence-electron chi connectivity index (χ2n) is 4.05. The molecule has 4 nitrogen and oxygen atoms in total. The largest absolute Gasteiger partial charge is 0.380 e. The predicted octanol–water partition coefficient (Wildman–Crippen LogP) is 1.90. The number of hydrogen-bond acceptors (Lipinski definition) is 3. The highest BCUT2D eigenvalue weighted by Crippen LogP contribution is 2.12. The van der Waals surface area contributed by atoms with Gasteiger partial charge in [-0.05, 0) is 24.1 Å². The minimum Gasteiger partial charge on any atom is -0.380 e. The maximum absolute atomic E-state index is 11.6. The summed E-state index contributed by atoms with van der Waals surface area (Å²) in [4.78, 5) is 11.6. The Bertz CT molecular complexity index is 366. The number of methoxy groups -OCH3 is 1. The number of nitrogens with two attached hydrogens (primary N) is 1. The summed E-state index contributed by atoms with van der Waals surface area (Å²) in [5, 5.41) is 2.83. The SMILES string of the molecule is CCC(N)CC(=O)Nc1cccc(COC)c1. The number of carbonyl (C=O) groups excluding carboxylic acids is 1. The van der Waals surface area contributed by atoms with Crippen molar-refractivity contribution in [2.45, 2.75) is 32.4 Å². The molecule has 0 fully saturated rings. The first-order valence-electron chi connectivity index (χ1n) is 5.79. The normalized spacial score (nSPS) is 12.2. The summed E-state index contributed by atoms with van der Waals surface area (Å²) < 4.78 is 5.04. The van der Waals surface area contributed by atoms with Crippen LogP contribution < -0.4 is 11.1 Å². The fraction of sp³-hybridized carbons (Fsp3) is 0.462. The van der Waals surface area contributed by atoms with Gasteiger partial charge in [0.2, 0.25) is 5.91 Å². The van der Waals surface area contributed by atoms with Gasteiger partial charge in [0.1, 0.15) is 0 Å². The van der Waals surface area contributed by atoms with Gasteiger partial charge in [-0.2, -0.15) is 0 Å². The van der Waals surface area contributed by atoms with Gasteiger partial charge in [-0.3, -0.25) is 4.79 Å². The van der Waals surface area contributed by atoms with Gasteiger partial charge < -0.3 is 15.8 Å². The van der Waals surface area contributed by atoms with E-state index in [1.807, 2.05) is 31.2 Å². The highest BCUT2D eigenvalue weighted by Gasteiger charge is 2.07. The third-order valence-electron chi connectivity index (χ3n) is 2.49. The van der Waals surface area contributed by atoms with Crippen LogP contribution in [0.15, 0.2) is 24.3 Å². The number of carbonyl (C=O) groups is 1. The number of anilines is 1. The Kier molecular flexibility index (Phi) is 5.66. The van der Waals surface area contributed by atoms with Crippen molar-refractivity contribution < 1.29 is 9.53 Å². The molecule has 94 valence electrons. The summed E-state index contributed by atoms with van der Waals surface area (Å²) in [6.07, 6.45) is 1.15. The van der Waals surface area contributed by atoms with Gasteiger partial charge in [0.15, 0.2) is 0 Å². The lowest BCUT2D eigenvalue weighted by atomic mass is 10.1. The molecule has 0 aromatic heterocycles. The van der Waals surface area contributed by atoms with Gasteiger partial charge in [0, 0.05) is 25.3 Å². The van der Waals surface area contributed by atoms with Crippen molar-refractivity contribution in [2.75, 3.05) is 12.4 Å². The molecular weight excluding hydrogens is 216 g/mol. The van der Waals surface area contributed by atoms with Crippen LogP contribution in [-0.4, -0.2) is 19.1 Å². The van der Waals surface area contributed by atoms with Crippen LogP contribution in [0.3, 0.4) is 0 Å². The second kappa shape index (κ2) is 7.04. The quantitative estimate of drug-likeness (QED) is 0.793. The molecule has 0 spiro atoms. The van der Waals surface area contributed by atoms with Crippen molar-refractivity contribution in [2.24, 2.45) is 5.73 Å². The van der Waals surface area contributed by atoms with Crippen LogP contribution in [0.1, 0.15) is 25.3 Å². The molecule has 1 amide bonds. The van der Waals surface area contributed by atoms with Crippen LogP contribution in [0.2, 0.25) is 0 Å². The molecule has 1 rings (SSSR count). The fourth-order valence-corrected chi connectivity index (χ4v) is 1.50. The summed E-state index contributed by atoms with van der Waals surface area (Å²) in [7, 11) is 1.64. The summed E-state index contributed by atoms with van der Waals surface area (Å²) in [6, 6.07) is 7.53. The molecular formula is C13H20N2O2. The third kappa shape index (κ3) is 4.97. The highest BCUT2D eigenvalue weighted by atomic mass is 16.5. The van der Waals surface area contributed by atoms with E-state index >= 15 is 0 Å². The summed E-state index contributed by atoms with van der Waals surface area (Å²) >= 11 is 0.